The van der Waals surface area contributed by atoms with Crippen LogP contribution in [0.3, 0.4) is 0 Å². The van der Waals surface area contributed by atoms with E-state index in [9.17, 15) is 9.50 Å². The van der Waals surface area contributed by atoms with Crippen molar-refractivity contribution < 1.29 is 18.8 Å². The molecule has 0 atom stereocenters. The van der Waals surface area contributed by atoms with E-state index >= 15 is 0 Å². The van der Waals surface area contributed by atoms with Crippen LogP contribution in [0.4, 0.5) is 4.39 Å². The molecule has 4 nitrogen and oxygen atoms in total. The Hall–Kier alpha value is -1.24. The van der Waals surface area contributed by atoms with Crippen molar-refractivity contribution in [3.05, 3.63) is 34.8 Å². The van der Waals surface area contributed by atoms with Crippen molar-refractivity contribution in [3.8, 4) is 0 Å². The lowest BCUT2D eigenvalue weighted by Crippen LogP contribution is -2.41. The zero-order valence-electron chi connectivity index (χ0n) is 13.1. The highest BCUT2D eigenvalue weighted by Gasteiger charge is 2.52. The van der Waals surface area contributed by atoms with Crippen molar-refractivity contribution in [1.82, 2.24) is 4.98 Å². The number of halogens is 1. The fourth-order valence-corrected chi connectivity index (χ4v) is 2.02. The van der Waals surface area contributed by atoms with E-state index in [2.05, 4.69) is 4.98 Å². The maximum Gasteiger partial charge on any atom is 0.492 e. The zero-order chi connectivity index (χ0) is 15.8. The minimum Gasteiger partial charge on any atom is -0.400 e. The molecule has 2 rings (SSSR count). The number of nitrogens with zero attached hydrogens (tertiary/aromatic N) is 1. The summed E-state index contributed by atoms with van der Waals surface area (Å²) in [6.45, 7) is 9.19. The number of hydrogen-bond donors (Lipinski definition) is 1. The first-order chi connectivity index (χ1) is 9.66. The van der Waals surface area contributed by atoms with Gasteiger partial charge in [0, 0.05) is 5.69 Å². The highest BCUT2D eigenvalue weighted by molar-refractivity contribution is 6.55. The molecule has 0 spiro atoms. The van der Waals surface area contributed by atoms with Crippen molar-refractivity contribution in [3.63, 3.8) is 0 Å². The lowest BCUT2D eigenvalue weighted by molar-refractivity contribution is 0.00578. The van der Waals surface area contributed by atoms with Gasteiger partial charge >= 0.3 is 7.12 Å². The molecule has 1 aromatic rings. The molecule has 0 saturated carbocycles. The average Bonchev–Trinajstić information content (AvgIpc) is 2.59. The highest BCUT2D eigenvalue weighted by Crippen LogP contribution is 2.38. The largest absolute Gasteiger partial charge is 0.492 e. The topological polar surface area (TPSA) is 51.6 Å². The van der Waals surface area contributed by atoms with Crippen LogP contribution in [0.1, 0.15) is 39.1 Å². The Balaban J connectivity index is 2.33. The lowest BCUT2D eigenvalue weighted by Gasteiger charge is -2.32. The molecule has 1 aliphatic rings. The van der Waals surface area contributed by atoms with Crippen molar-refractivity contribution >= 4 is 13.2 Å². The molecule has 1 aliphatic heterocycles. The van der Waals surface area contributed by atoms with E-state index < -0.39 is 24.1 Å². The number of aliphatic hydroxyl groups excluding tert-OH is 1. The predicted molar refractivity (Wildman–Crippen MR) is 80.1 cm³/mol. The minimum atomic E-state index is -0.707. The van der Waals surface area contributed by atoms with Crippen LogP contribution < -0.4 is 0 Å². The molecule has 1 fully saturated rings. The van der Waals surface area contributed by atoms with E-state index in [0.717, 1.165) is 0 Å². The van der Waals surface area contributed by atoms with Crippen LogP contribution in [0.2, 0.25) is 0 Å². The molecule has 0 unspecified atom stereocenters. The molecule has 21 heavy (non-hydrogen) atoms. The first kappa shape index (κ1) is 16.1. The maximum atomic E-state index is 13.8. The van der Waals surface area contributed by atoms with Gasteiger partial charge in [0.2, 0.25) is 0 Å². The molecule has 114 valence electrons. The molecule has 0 amide bonds. The quantitative estimate of drug-likeness (QED) is 0.870. The Morgan fingerprint density at radius 2 is 1.86 bits per heavy atom. The van der Waals surface area contributed by atoms with Gasteiger partial charge in [0.05, 0.1) is 23.5 Å². The van der Waals surface area contributed by atoms with Crippen molar-refractivity contribution in [2.24, 2.45) is 0 Å². The predicted octanol–water partition coefficient (Wildman–Crippen LogP) is 2.54. The molecule has 1 saturated heterocycles. The molecule has 0 bridgehead atoms. The molecule has 1 N–H and O–H groups in total. The summed E-state index contributed by atoms with van der Waals surface area (Å²) in [6.07, 6.45) is 1.49. The molecule has 0 aliphatic carbocycles. The number of rotatable bonds is 3. The van der Waals surface area contributed by atoms with Crippen molar-refractivity contribution in [2.45, 2.75) is 45.8 Å². The summed E-state index contributed by atoms with van der Waals surface area (Å²) in [6, 6.07) is 2.95. The highest BCUT2D eigenvalue weighted by atomic mass is 19.1. The third-order valence-corrected chi connectivity index (χ3v) is 4.07. The molecular formula is C15H21BFNO3. The Morgan fingerprint density at radius 1 is 1.29 bits per heavy atom. The summed E-state index contributed by atoms with van der Waals surface area (Å²) >= 11 is 0. The normalized spacial score (nSPS) is 20.9. The van der Waals surface area contributed by atoms with Gasteiger partial charge in [0.25, 0.3) is 0 Å². The minimum absolute atomic E-state index is 0.175. The van der Waals surface area contributed by atoms with Gasteiger partial charge in [-0.25, -0.2) is 4.39 Å². The van der Waals surface area contributed by atoms with Gasteiger partial charge in [0.1, 0.15) is 5.82 Å². The monoisotopic (exact) mass is 293 g/mol. The molecular weight excluding hydrogens is 272 g/mol. The van der Waals surface area contributed by atoms with Crippen molar-refractivity contribution in [2.75, 3.05) is 6.61 Å². The number of hydrogen-bond acceptors (Lipinski definition) is 4. The van der Waals surface area contributed by atoms with Crippen LogP contribution in [0.15, 0.2) is 17.6 Å². The van der Waals surface area contributed by atoms with Gasteiger partial charge in [0.15, 0.2) is 0 Å². The molecule has 2 heterocycles. The van der Waals surface area contributed by atoms with Gasteiger partial charge < -0.3 is 14.4 Å². The summed E-state index contributed by atoms with van der Waals surface area (Å²) in [7, 11) is -0.707. The fourth-order valence-electron chi connectivity index (χ4n) is 2.02. The lowest BCUT2D eigenvalue weighted by atomic mass is 9.78. The van der Waals surface area contributed by atoms with Crippen LogP contribution in [0.5, 0.6) is 0 Å². The zero-order valence-corrected chi connectivity index (χ0v) is 13.1. The van der Waals surface area contributed by atoms with E-state index in [1.54, 1.807) is 13.0 Å². The average molecular weight is 293 g/mol. The smallest absolute Gasteiger partial charge is 0.400 e. The van der Waals surface area contributed by atoms with E-state index in [-0.39, 0.29) is 12.3 Å². The standard InChI is InChI=1S/C15H21BFNO3/c1-10-6-7-12(17)13(18-10)8-11(9-19)16-20-14(2,3)15(4,5)21-16/h6-8,19H,9H2,1-5H3. The van der Waals surface area contributed by atoms with E-state index in [4.69, 9.17) is 9.31 Å². The van der Waals surface area contributed by atoms with Crippen molar-refractivity contribution in [1.29, 1.82) is 0 Å². The van der Waals surface area contributed by atoms with Gasteiger partial charge in [-0.1, -0.05) is 0 Å². The summed E-state index contributed by atoms with van der Waals surface area (Å²) in [5.41, 5.74) is 0.308. The Kier molecular flexibility index (Phi) is 4.24. The number of pyridine rings is 1. The molecule has 0 aromatic carbocycles. The van der Waals surface area contributed by atoms with Crippen LogP contribution in [-0.2, 0) is 9.31 Å². The third-order valence-electron chi connectivity index (χ3n) is 4.07. The molecule has 0 radical (unpaired) electrons. The summed E-state index contributed by atoms with van der Waals surface area (Å²) in [4.78, 5) is 4.13. The summed E-state index contributed by atoms with van der Waals surface area (Å²) in [5, 5.41) is 9.57. The number of aliphatic hydroxyl groups is 1. The van der Waals surface area contributed by atoms with E-state index in [0.29, 0.717) is 11.2 Å². The van der Waals surface area contributed by atoms with Gasteiger partial charge in [-0.05, 0) is 58.3 Å². The summed E-state index contributed by atoms with van der Waals surface area (Å²) in [5.74, 6) is -0.442. The van der Waals surface area contributed by atoms with Gasteiger partial charge in [-0.2, -0.15) is 0 Å². The second-order valence-corrected chi connectivity index (χ2v) is 6.29. The van der Waals surface area contributed by atoms with Crippen LogP contribution in [0, 0.1) is 12.7 Å². The second kappa shape index (κ2) is 5.52. The van der Waals surface area contributed by atoms with E-state index in [1.807, 2.05) is 27.7 Å². The molecule has 1 aromatic heterocycles. The fraction of sp³-hybridized carbons (Fsp3) is 0.533. The number of aromatic nitrogens is 1. The van der Waals surface area contributed by atoms with Crippen LogP contribution >= 0.6 is 0 Å². The maximum absolute atomic E-state index is 13.8. The van der Waals surface area contributed by atoms with Gasteiger partial charge in [-0.15, -0.1) is 0 Å². The Bertz CT molecular complexity index is 556. The first-order valence-electron chi connectivity index (χ1n) is 6.96. The number of aryl methyl sites for hydroxylation is 1. The van der Waals surface area contributed by atoms with Crippen LogP contribution in [0.25, 0.3) is 6.08 Å². The van der Waals surface area contributed by atoms with Crippen LogP contribution in [-0.4, -0.2) is 35.0 Å². The molecule has 6 heteroatoms. The third kappa shape index (κ3) is 3.17. The Morgan fingerprint density at radius 3 is 2.38 bits per heavy atom. The van der Waals surface area contributed by atoms with Gasteiger partial charge in [-0.3, -0.25) is 4.98 Å². The Labute approximate surface area is 125 Å². The first-order valence-corrected chi connectivity index (χ1v) is 6.96. The summed E-state index contributed by atoms with van der Waals surface area (Å²) < 4.78 is 25.5. The SMILES string of the molecule is Cc1ccc(F)c(C=C(CO)B2OC(C)(C)C(C)(C)O2)n1. The second-order valence-electron chi connectivity index (χ2n) is 6.29. The van der Waals surface area contributed by atoms with E-state index in [1.165, 1.54) is 12.1 Å².